The van der Waals surface area contributed by atoms with Gasteiger partial charge < -0.3 is 15.5 Å². The van der Waals surface area contributed by atoms with Gasteiger partial charge in [-0.2, -0.15) is 11.8 Å². The number of nitrogen functional groups attached to an aromatic ring is 1. The highest BCUT2D eigenvalue weighted by atomic mass is 32.2. The van der Waals surface area contributed by atoms with Gasteiger partial charge in [0.25, 0.3) is 12.6 Å². The van der Waals surface area contributed by atoms with E-state index < -0.39 is 4.92 Å². The van der Waals surface area contributed by atoms with E-state index in [1.807, 2.05) is 0 Å². The number of aromatic nitrogens is 1. The minimum absolute atomic E-state index is 0.185. The molecule has 0 aliphatic rings. The highest BCUT2D eigenvalue weighted by Gasteiger charge is 2.05. The van der Waals surface area contributed by atoms with Crippen molar-refractivity contribution in [2.45, 2.75) is 6.42 Å². The van der Waals surface area contributed by atoms with E-state index in [9.17, 15) is 10.1 Å². The maximum Gasteiger partial charge on any atom is 0.292 e. The molecular weight excluding hydrogens is 270 g/mol. The van der Waals surface area contributed by atoms with Gasteiger partial charge in [-0.05, 0) is 0 Å². The summed E-state index contributed by atoms with van der Waals surface area (Å²) >= 11 is 1.71. The van der Waals surface area contributed by atoms with Crippen LogP contribution in [0.15, 0.2) is 15.6 Å². The molecule has 0 aromatic carbocycles. The van der Waals surface area contributed by atoms with Crippen molar-refractivity contribution in [1.82, 2.24) is 10.3 Å². The molecule has 106 valence electrons. The zero-order chi connectivity index (χ0) is 14.1. The first-order valence-electron chi connectivity index (χ1n) is 5.71. The van der Waals surface area contributed by atoms with E-state index in [0.717, 1.165) is 23.7 Å². The lowest BCUT2D eigenvalue weighted by molar-refractivity contribution is -0.463. The fourth-order valence-electron chi connectivity index (χ4n) is 1.31. The van der Waals surface area contributed by atoms with Crippen molar-refractivity contribution in [3.05, 3.63) is 22.1 Å². The van der Waals surface area contributed by atoms with E-state index >= 15 is 0 Å². The van der Waals surface area contributed by atoms with Crippen molar-refractivity contribution in [2.24, 2.45) is 4.99 Å². The first-order valence-corrected chi connectivity index (χ1v) is 6.86. The summed E-state index contributed by atoms with van der Waals surface area (Å²) in [4.78, 5) is 17.5. The molecule has 1 aromatic rings. The maximum atomic E-state index is 10.3. The number of amidine groups is 1. The molecule has 0 saturated heterocycles. The Labute approximate surface area is 115 Å². The molecule has 0 unspecified atom stereocenters. The molecule has 0 spiro atoms. The molecule has 0 aliphatic heterocycles. The van der Waals surface area contributed by atoms with Gasteiger partial charge in [-0.25, -0.2) is 4.98 Å². The predicted octanol–water partition coefficient (Wildman–Crippen LogP) is 0.427. The number of nitro groups is 1. The number of hydrogen-bond donors (Lipinski definition) is 2. The molecule has 1 rings (SSSR count). The maximum absolute atomic E-state index is 10.3. The van der Waals surface area contributed by atoms with Crippen LogP contribution in [-0.4, -0.2) is 47.4 Å². The summed E-state index contributed by atoms with van der Waals surface area (Å²) in [6.07, 6.45) is 2.38. The number of anilines is 1. The van der Waals surface area contributed by atoms with Gasteiger partial charge in [0, 0.05) is 36.4 Å². The normalized spacial score (nSPS) is 11.5. The Balaban J connectivity index is 2.06. The molecule has 0 fully saturated rings. The van der Waals surface area contributed by atoms with E-state index in [1.165, 1.54) is 7.05 Å². The van der Waals surface area contributed by atoms with Crippen LogP contribution in [0.5, 0.6) is 0 Å². The quantitative estimate of drug-likeness (QED) is 0.234. The average molecular weight is 287 g/mol. The largest absolute Gasteiger partial charge is 0.429 e. The van der Waals surface area contributed by atoms with Gasteiger partial charge in [0.2, 0.25) is 0 Å². The third-order valence-electron chi connectivity index (χ3n) is 2.19. The van der Waals surface area contributed by atoms with Crippen LogP contribution in [0.4, 0.5) is 6.01 Å². The summed E-state index contributed by atoms with van der Waals surface area (Å²) in [7, 11) is 1.54. The summed E-state index contributed by atoms with van der Waals surface area (Å²) < 4.78 is 5.13. The number of rotatable bonds is 8. The Morgan fingerprint density at radius 2 is 2.47 bits per heavy atom. The molecule has 0 bridgehead atoms. The predicted molar refractivity (Wildman–Crippen MR) is 75.2 cm³/mol. The third-order valence-corrected chi connectivity index (χ3v) is 3.17. The third kappa shape index (κ3) is 6.65. The number of aryl methyl sites for hydroxylation is 1. The van der Waals surface area contributed by atoms with Crippen molar-refractivity contribution in [2.75, 3.05) is 37.4 Å². The van der Waals surface area contributed by atoms with E-state index in [0.29, 0.717) is 12.4 Å². The molecular formula is C10H17N5O3S. The van der Waals surface area contributed by atoms with Crippen LogP contribution in [0.25, 0.3) is 0 Å². The summed E-state index contributed by atoms with van der Waals surface area (Å²) in [5.41, 5.74) is 5.36. The summed E-state index contributed by atoms with van der Waals surface area (Å²) in [5, 5.41) is 13.3. The molecule has 9 heteroatoms. The Hall–Kier alpha value is -1.77. The Kier molecular flexibility index (Phi) is 6.72. The van der Waals surface area contributed by atoms with Gasteiger partial charge in [0.15, 0.2) is 5.84 Å². The van der Waals surface area contributed by atoms with Gasteiger partial charge in [-0.3, -0.25) is 15.1 Å². The van der Waals surface area contributed by atoms with Crippen molar-refractivity contribution >= 4 is 23.6 Å². The van der Waals surface area contributed by atoms with Crippen LogP contribution < -0.4 is 11.1 Å². The number of hydrogen-bond acceptors (Lipinski definition) is 7. The zero-order valence-electron chi connectivity index (χ0n) is 10.7. The van der Waals surface area contributed by atoms with Gasteiger partial charge in [-0.15, -0.1) is 0 Å². The molecule has 19 heavy (non-hydrogen) atoms. The fourth-order valence-corrected chi connectivity index (χ4v) is 2.10. The molecule has 0 saturated carbocycles. The van der Waals surface area contributed by atoms with E-state index in [4.69, 9.17) is 10.2 Å². The number of nitrogens with one attached hydrogen (secondary N) is 1. The van der Waals surface area contributed by atoms with E-state index in [-0.39, 0.29) is 12.6 Å². The van der Waals surface area contributed by atoms with Crippen LogP contribution in [-0.2, 0) is 6.42 Å². The van der Waals surface area contributed by atoms with Crippen molar-refractivity contribution in [3.8, 4) is 0 Å². The summed E-state index contributed by atoms with van der Waals surface area (Å²) in [6.45, 7) is 0.377. The lowest BCUT2D eigenvalue weighted by Crippen LogP contribution is -2.31. The van der Waals surface area contributed by atoms with Crippen molar-refractivity contribution < 1.29 is 9.34 Å². The minimum Gasteiger partial charge on any atom is -0.429 e. The standard InChI is InChI=1S/C10H17N5O3S/c1-12-9(7-15(16)17)13-3-5-19-4-2-8-6-14-10(11)18-8/h6H,2-5,7H2,1H3,(H2,11,14)(H,12,13). The Morgan fingerprint density at radius 1 is 1.68 bits per heavy atom. The summed E-state index contributed by atoms with van der Waals surface area (Å²) in [5.74, 6) is 2.88. The number of oxazole rings is 1. The van der Waals surface area contributed by atoms with E-state index in [1.54, 1.807) is 18.0 Å². The van der Waals surface area contributed by atoms with Crippen molar-refractivity contribution in [1.29, 1.82) is 0 Å². The number of nitrogens with zero attached hydrogens (tertiary/aromatic N) is 3. The van der Waals surface area contributed by atoms with Gasteiger partial charge in [0.1, 0.15) is 5.76 Å². The van der Waals surface area contributed by atoms with Gasteiger partial charge >= 0.3 is 0 Å². The number of nitrogens with two attached hydrogens (primary N) is 1. The Bertz CT molecular complexity index is 435. The van der Waals surface area contributed by atoms with Crippen LogP contribution in [0.2, 0.25) is 0 Å². The van der Waals surface area contributed by atoms with Crippen LogP contribution in [0, 0.1) is 10.1 Å². The smallest absolute Gasteiger partial charge is 0.292 e. The molecule has 0 aliphatic carbocycles. The second kappa shape index (κ2) is 8.35. The fraction of sp³-hybridized carbons (Fsp3) is 0.600. The van der Waals surface area contributed by atoms with Crippen LogP contribution >= 0.6 is 11.8 Å². The first kappa shape index (κ1) is 15.3. The van der Waals surface area contributed by atoms with Crippen molar-refractivity contribution in [3.63, 3.8) is 0 Å². The molecule has 1 aromatic heterocycles. The van der Waals surface area contributed by atoms with Gasteiger partial charge in [-0.1, -0.05) is 0 Å². The average Bonchev–Trinajstić information content (AvgIpc) is 2.77. The van der Waals surface area contributed by atoms with Gasteiger partial charge in [0.05, 0.1) is 6.20 Å². The zero-order valence-corrected chi connectivity index (χ0v) is 11.5. The number of thioether (sulfide) groups is 1. The van der Waals surface area contributed by atoms with Crippen LogP contribution in [0.3, 0.4) is 0 Å². The highest BCUT2D eigenvalue weighted by Crippen LogP contribution is 2.09. The lowest BCUT2D eigenvalue weighted by Gasteiger charge is -2.05. The molecule has 0 amide bonds. The second-order valence-electron chi connectivity index (χ2n) is 3.62. The molecule has 3 N–H and O–H groups in total. The lowest BCUT2D eigenvalue weighted by atomic mass is 10.4. The second-order valence-corrected chi connectivity index (χ2v) is 4.84. The monoisotopic (exact) mass is 287 g/mol. The highest BCUT2D eigenvalue weighted by molar-refractivity contribution is 7.99. The SMILES string of the molecule is CN=C(C[N+](=O)[O-])NCCSCCc1cnc(N)o1. The minimum atomic E-state index is -0.406. The summed E-state index contributed by atoms with van der Waals surface area (Å²) in [6, 6.07) is 0.185. The van der Waals surface area contributed by atoms with Crippen LogP contribution in [0.1, 0.15) is 5.76 Å². The molecule has 8 nitrogen and oxygen atoms in total. The molecule has 1 heterocycles. The first-order chi connectivity index (χ1) is 9.11. The number of aliphatic imine (C=N–C) groups is 1. The topological polar surface area (TPSA) is 120 Å². The molecule has 0 atom stereocenters. The Morgan fingerprint density at radius 3 is 3.05 bits per heavy atom. The molecule has 0 radical (unpaired) electrons. The van der Waals surface area contributed by atoms with E-state index in [2.05, 4.69) is 15.3 Å².